The van der Waals surface area contributed by atoms with Crippen molar-refractivity contribution in [3.8, 4) is 16.9 Å². The molecule has 2 aromatic rings. The van der Waals surface area contributed by atoms with Crippen LogP contribution in [0, 0.1) is 5.92 Å². The predicted octanol–water partition coefficient (Wildman–Crippen LogP) is 6.17. The molecule has 230 valence electrons. The minimum absolute atomic E-state index is 0.0358. The van der Waals surface area contributed by atoms with Gasteiger partial charge in [-0.05, 0) is 37.1 Å². The van der Waals surface area contributed by atoms with Gasteiger partial charge in [0.25, 0.3) is 0 Å². The van der Waals surface area contributed by atoms with Gasteiger partial charge in [0.2, 0.25) is 0 Å². The lowest BCUT2D eigenvalue weighted by molar-refractivity contribution is -0.166. The van der Waals surface area contributed by atoms with Crippen molar-refractivity contribution in [2.75, 3.05) is 6.61 Å². The minimum Gasteiger partial charge on any atom is -0.492 e. The topological polar surface area (TPSA) is 105 Å². The van der Waals surface area contributed by atoms with E-state index in [0.717, 1.165) is 11.1 Å². The Morgan fingerprint density at radius 3 is 1.86 bits per heavy atom. The van der Waals surface area contributed by atoms with Gasteiger partial charge in [0, 0.05) is 28.2 Å². The fourth-order valence-corrected chi connectivity index (χ4v) is 7.40. The fourth-order valence-electron chi connectivity index (χ4n) is 4.80. The van der Waals surface area contributed by atoms with Crippen LogP contribution in [0.3, 0.4) is 0 Å². The van der Waals surface area contributed by atoms with Gasteiger partial charge in [-0.3, -0.25) is 9.59 Å². The molecule has 0 saturated carbocycles. The molecular formula is C34H42O8Si. The second-order valence-corrected chi connectivity index (χ2v) is 16.7. The van der Waals surface area contributed by atoms with Crippen molar-refractivity contribution in [2.45, 2.75) is 78.8 Å². The summed E-state index contributed by atoms with van der Waals surface area (Å²) in [5.74, 6) is -2.36. The Morgan fingerprint density at radius 2 is 1.40 bits per heavy atom. The van der Waals surface area contributed by atoms with E-state index < -0.39 is 37.9 Å². The first-order chi connectivity index (χ1) is 20.3. The predicted molar refractivity (Wildman–Crippen MR) is 167 cm³/mol. The summed E-state index contributed by atoms with van der Waals surface area (Å²) in [5.41, 5.74) is 3.35. The van der Waals surface area contributed by atoms with Crippen LogP contribution in [-0.4, -0.2) is 38.6 Å². The van der Waals surface area contributed by atoms with Crippen molar-refractivity contribution in [1.29, 1.82) is 0 Å². The molecule has 2 aromatic carbocycles. The zero-order chi connectivity index (χ0) is 31.7. The average Bonchev–Trinajstić information content (AvgIpc) is 2.96. The number of cyclic esters (lactones) is 2. The first-order valence-electron chi connectivity index (χ1n) is 14.6. The first-order valence-corrected chi connectivity index (χ1v) is 17.8. The van der Waals surface area contributed by atoms with Gasteiger partial charge in [-0.1, -0.05) is 81.5 Å². The molecule has 0 radical (unpaired) electrons. The Bertz CT molecular complexity index is 1320. The maximum atomic E-state index is 12.3. The third-order valence-corrected chi connectivity index (χ3v) is 10.9. The van der Waals surface area contributed by atoms with E-state index in [9.17, 15) is 19.2 Å². The van der Waals surface area contributed by atoms with Crippen LogP contribution < -0.4 is 9.92 Å². The smallest absolute Gasteiger partial charge is 0.333 e. The summed E-state index contributed by atoms with van der Waals surface area (Å²) in [6.45, 7) is 17.2. The van der Waals surface area contributed by atoms with Gasteiger partial charge in [-0.25, -0.2) is 9.59 Å². The summed E-state index contributed by atoms with van der Waals surface area (Å²) >= 11 is 0. The Kier molecular flexibility index (Phi) is 11.7. The monoisotopic (exact) mass is 606 g/mol. The standard InChI is InChI=1S/C34H42O8Si/c1-8-9-14-43(6,7)29-12-10-25(11-13-29)26-17-27(20-40-33(37)22(2)3)32(28(18-26)21-41-34(38)23(4)5)39-19-24-15-30(35)42-31(36)16-24/h10-13,17-18,24H,2,4,8-9,14-16,19-21H2,1,3,5-7H3. The van der Waals surface area contributed by atoms with Crippen LogP contribution in [0.4, 0.5) is 0 Å². The summed E-state index contributed by atoms with van der Waals surface area (Å²) in [6, 6.07) is 13.5. The quantitative estimate of drug-likeness (QED) is 0.0827. The van der Waals surface area contributed by atoms with Gasteiger partial charge in [0.15, 0.2) is 0 Å². The Morgan fingerprint density at radius 1 is 0.884 bits per heavy atom. The van der Waals surface area contributed by atoms with Crippen molar-refractivity contribution in [2.24, 2.45) is 5.92 Å². The lowest BCUT2D eigenvalue weighted by Crippen LogP contribution is -2.40. The zero-order valence-electron chi connectivity index (χ0n) is 25.9. The maximum absolute atomic E-state index is 12.3. The molecule has 1 heterocycles. The van der Waals surface area contributed by atoms with Gasteiger partial charge in [-0.15, -0.1) is 0 Å². The molecule has 43 heavy (non-hydrogen) atoms. The molecule has 0 N–H and O–H groups in total. The third-order valence-electron chi connectivity index (χ3n) is 7.41. The van der Waals surface area contributed by atoms with E-state index in [1.54, 1.807) is 13.8 Å². The van der Waals surface area contributed by atoms with Crippen LogP contribution in [0.2, 0.25) is 19.1 Å². The highest BCUT2D eigenvalue weighted by molar-refractivity contribution is 6.89. The Hall–Kier alpha value is -3.98. The molecule has 0 atom stereocenters. The molecule has 8 nitrogen and oxygen atoms in total. The summed E-state index contributed by atoms with van der Waals surface area (Å²) in [6.07, 6.45) is 2.45. The van der Waals surface area contributed by atoms with Crippen molar-refractivity contribution >= 4 is 37.1 Å². The van der Waals surface area contributed by atoms with E-state index in [4.69, 9.17) is 14.2 Å². The van der Waals surface area contributed by atoms with E-state index >= 15 is 0 Å². The summed E-state index contributed by atoms with van der Waals surface area (Å²) in [4.78, 5) is 48.3. The zero-order valence-corrected chi connectivity index (χ0v) is 26.9. The molecule has 0 aliphatic carbocycles. The number of ether oxygens (including phenoxy) is 4. The van der Waals surface area contributed by atoms with Crippen molar-refractivity contribution in [3.63, 3.8) is 0 Å². The number of esters is 4. The highest BCUT2D eigenvalue weighted by Gasteiger charge is 2.29. The van der Waals surface area contributed by atoms with Gasteiger partial charge in [0.05, 0.1) is 27.5 Å². The third kappa shape index (κ3) is 9.51. The minimum atomic E-state index is -1.57. The second kappa shape index (κ2) is 15.0. The van der Waals surface area contributed by atoms with Crippen LogP contribution in [0.15, 0.2) is 60.7 Å². The molecule has 9 heteroatoms. The second-order valence-electron chi connectivity index (χ2n) is 11.8. The number of hydrogen-bond donors (Lipinski definition) is 0. The van der Waals surface area contributed by atoms with Gasteiger partial charge in [-0.2, -0.15) is 0 Å². The van der Waals surface area contributed by atoms with E-state index in [1.807, 2.05) is 12.1 Å². The maximum Gasteiger partial charge on any atom is 0.333 e. The number of benzene rings is 2. The van der Waals surface area contributed by atoms with Crippen molar-refractivity contribution in [1.82, 2.24) is 0 Å². The molecule has 1 saturated heterocycles. The molecule has 3 rings (SSSR count). The summed E-state index contributed by atoms with van der Waals surface area (Å²) in [7, 11) is -1.57. The van der Waals surface area contributed by atoms with Crippen LogP contribution in [-0.2, 0) is 46.6 Å². The molecule has 0 spiro atoms. The Balaban J connectivity index is 2.03. The summed E-state index contributed by atoms with van der Waals surface area (Å²) in [5, 5.41) is 1.37. The normalized spacial score (nSPS) is 13.7. The largest absolute Gasteiger partial charge is 0.492 e. The van der Waals surface area contributed by atoms with E-state index in [0.29, 0.717) is 16.9 Å². The van der Waals surface area contributed by atoms with Crippen LogP contribution in [0.1, 0.15) is 57.6 Å². The highest BCUT2D eigenvalue weighted by Crippen LogP contribution is 2.34. The molecular weight excluding hydrogens is 564 g/mol. The SMILES string of the molecule is C=C(C)C(=O)OCc1cc(-c2ccc([Si](C)(C)CCCC)cc2)cc(COC(=O)C(=C)C)c1OCC1CC(=O)OC(=O)C1. The van der Waals surface area contributed by atoms with Crippen LogP contribution >= 0.6 is 0 Å². The molecule has 1 fully saturated rings. The molecule has 0 amide bonds. The lowest BCUT2D eigenvalue weighted by Gasteiger charge is -2.24. The first kappa shape index (κ1) is 33.5. The lowest BCUT2D eigenvalue weighted by atomic mass is 9.98. The highest BCUT2D eigenvalue weighted by atomic mass is 28.3. The van der Waals surface area contributed by atoms with Crippen LogP contribution in [0.25, 0.3) is 11.1 Å². The summed E-state index contributed by atoms with van der Waals surface area (Å²) < 4.78 is 21.8. The molecule has 0 unspecified atom stereocenters. The number of hydrogen-bond acceptors (Lipinski definition) is 8. The van der Waals surface area contributed by atoms with Crippen molar-refractivity contribution < 1.29 is 38.1 Å². The van der Waals surface area contributed by atoms with Crippen molar-refractivity contribution in [3.05, 3.63) is 71.8 Å². The number of carbonyl (C=O) groups is 4. The number of carbonyl (C=O) groups excluding carboxylic acids is 4. The molecule has 1 aliphatic heterocycles. The molecule has 1 aliphatic rings. The fraction of sp³-hybridized carbons (Fsp3) is 0.412. The van der Waals surface area contributed by atoms with E-state index in [2.05, 4.69) is 62.2 Å². The van der Waals surface area contributed by atoms with E-state index in [-0.39, 0.29) is 43.8 Å². The molecule has 0 bridgehead atoms. The van der Waals surface area contributed by atoms with Gasteiger partial charge >= 0.3 is 23.9 Å². The van der Waals surface area contributed by atoms with E-state index in [1.165, 1.54) is 24.1 Å². The van der Waals surface area contributed by atoms with Gasteiger partial charge < -0.3 is 18.9 Å². The number of rotatable bonds is 14. The molecule has 0 aromatic heterocycles. The van der Waals surface area contributed by atoms with Gasteiger partial charge in [0.1, 0.15) is 19.0 Å². The Labute approximate surface area is 255 Å². The average molecular weight is 607 g/mol. The number of unbranched alkanes of at least 4 members (excludes halogenated alkanes) is 1. The van der Waals surface area contributed by atoms with Crippen LogP contribution in [0.5, 0.6) is 5.75 Å².